The van der Waals surface area contributed by atoms with Crippen LogP contribution >= 0.6 is 11.8 Å². The second kappa shape index (κ2) is 5.92. The number of nitrogens with two attached hydrogens (primary N) is 1. The van der Waals surface area contributed by atoms with Crippen LogP contribution in [0.1, 0.15) is 10.4 Å². The van der Waals surface area contributed by atoms with E-state index in [2.05, 4.69) is 5.32 Å². The molecule has 1 amide bonds. The normalized spacial score (nSPS) is 10.3. The molecule has 0 radical (unpaired) electrons. The van der Waals surface area contributed by atoms with E-state index in [0.29, 0.717) is 5.69 Å². The Bertz CT molecular complexity index is 662. The molecule has 0 aliphatic rings. The Morgan fingerprint density at radius 1 is 1.25 bits per heavy atom. The summed E-state index contributed by atoms with van der Waals surface area (Å²) in [4.78, 5) is 12.8. The van der Waals surface area contributed by atoms with Crippen LogP contribution in [0.5, 0.6) is 0 Å². The molecule has 3 nitrogen and oxygen atoms in total. The summed E-state index contributed by atoms with van der Waals surface area (Å²) in [6, 6.07) is 8.72. The van der Waals surface area contributed by atoms with E-state index < -0.39 is 28.8 Å². The number of carbonyl (C=O) groups is 1. The number of amides is 1. The molecule has 0 unspecified atom stereocenters. The Morgan fingerprint density at radius 3 is 2.65 bits per heavy atom. The van der Waals surface area contributed by atoms with Gasteiger partial charge in [-0.2, -0.15) is 0 Å². The first kappa shape index (κ1) is 14.3. The van der Waals surface area contributed by atoms with E-state index in [0.717, 1.165) is 17.0 Å². The standard InChI is InChI=1S/C14H12F2N2OS/c1-20-12-5-3-2-4-11(12)18-14(19)9-6-8(15)7-10(17)13(9)16/h2-7H,17H2,1H3,(H,18,19). The molecule has 104 valence electrons. The van der Waals surface area contributed by atoms with Gasteiger partial charge in [-0.25, -0.2) is 8.78 Å². The lowest BCUT2D eigenvalue weighted by Crippen LogP contribution is -2.15. The molecule has 0 aliphatic carbocycles. The Kier molecular flexibility index (Phi) is 4.24. The summed E-state index contributed by atoms with van der Waals surface area (Å²) in [6.07, 6.45) is 1.85. The third-order valence-electron chi connectivity index (χ3n) is 2.67. The first-order valence-electron chi connectivity index (χ1n) is 5.72. The predicted octanol–water partition coefficient (Wildman–Crippen LogP) is 3.52. The third kappa shape index (κ3) is 2.91. The first-order valence-corrected chi connectivity index (χ1v) is 6.94. The lowest BCUT2D eigenvalue weighted by molar-refractivity contribution is 0.102. The van der Waals surface area contributed by atoms with Crippen molar-refractivity contribution in [3.8, 4) is 0 Å². The van der Waals surface area contributed by atoms with Gasteiger partial charge in [0.05, 0.1) is 16.9 Å². The topological polar surface area (TPSA) is 55.1 Å². The highest BCUT2D eigenvalue weighted by Crippen LogP contribution is 2.26. The molecule has 0 spiro atoms. The molecule has 2 aromatic rings. The number of hydrogen-bond acceptors (Lipinski definition) is 3. The van der Waals surface area contributed by atoms with E-state index in [9.17, 15) is 13.6 Å². The van der Waals surface area contributed by atoms with Gasteiger partial charge in [-0.1, -0.05) is 12.1 Å². The van der Waals surface area contributed by atoms with Crippen LogP contribution in [0.2, 0.25) is 0 Å². The number of nitrogen functional groups attached to an aromatic ring is 1. The number of benzene rings is 2. The van der Waals surface area contributed by atoms with Gasteiger partial charge in [0.1, 0.15) is 5.82 Å². The fourth-order valence-corrected chi connectivity index (χ4v) is 2.27. The molecule has 2 rings (SSSR count). The molecule has 0 aromatic heterocycles. The zero-order chi connectivity index (χ0) is 14.7. The number of thioether (sulfide) groups is 1. The Hall–Kier alpha value is -2.08. The highest BCUT2D eigenvalue weighted by Gasteiger charge is 2.17. The fraction of sp³-hybridized carbons (Fsp3) is 0.0714. The number of nitrogens with one attached hydrogen (secondary N) is 1. The minimum atomic E-state index is -0.925. The Morgan fingerprint density at radius 2 is 1.95 bits per heavy atom. The molecule has 20 heavy (non-hydrogen) atoms. The van der Waals surface area contributed by atoms with Crippen LogP contribution in [-0.2, 0) is 0 Å². The lowest BCUT2D eigenvalue weighted by Gasteiger charge is -2.10. The second-order valence-electron chi connectivity index (χ2n) is 4.01. The molecule has 6 heteroatoms. The van der Waals surface area contributed by atoms with E-state index in [1.807, 2.05) is 18.4 Å². The maximum absolute atomic E-state index is 13.8. The summed E-state index contributed by atoms with van der Waals surface area (Å²) in [6.45, 7) is 0. The zero-order valence-corrected chi connectivity index (χ0v) is 11.4. The van der Waals surface area contributed by atoms with Crippen LogP contribution < -0.4 is 11.1 Å². The van der Waals surface area contributed by atoms with E-state index >= 15 is 0 Å². The van der Waals surface area contributed by atoms with Crippen LogP contribution in [0.25, 0.3) is 0 Å². The molecule has 0 saturated carbocycles. The smallest absolute Gasteiger partial charge is 0.258 e. The number of hydrogen-bond donors (Lipinski definition) is 2. The number of halogens is 2. The van der Waals surface area contributed by atoms with E-state index in [1.165, 1.54) is 11.8 Å². The van der Waals surface area contributed by atoms with Crippen LogP contribution in [0.4, 0.5) is 20.2 Å². The van der Waals surface area contributed by atoms with E-state index in [4.69, 9.17) is 5.73 Å². The van der Waals surface area contributed by atoms with Gasteiger partial charge in [0.15, 0.2) is 5.82 Å². The summed E-state index contributed by atoms with van der Waals surface area (Å²) in [5, 5.41) is 2.55. The highest BCUT2D eigenvalue weighted by atomic mass is 32.2. The van der Waals surface area contributed by atoms with E-state index in [-0.39, 0.29) is 0 Å². The van der Waals surface area contributed by atoms with Crippen LogP contribution in [0.15, 0.2) is 41.3 Å². The Labute approximate surface area is 119 Å². The molecule has 2 aromatic carbocycles. The summed E-state index contributed by atoms with van der Waals surface area (Å²) < 4.78 is 27.0. The number of rotatable bonds is 3. The maximum Gasteiger partial charge on any atom is 0.258 e. The monoisotopic (exact) mass is 294 g/mol. The maximum atomic E-state index is 13.8. The van der Waals surface area contributed by atoms with Gasteiger partial charge in [0, 0.05) is 4.90 Å². The SMILES string of the molecule is CSc1ccccc1NC(=O)c1cc(F)cc(N)c1F. The van der Waals surface area contributed by atoms with Crippen molar-refractivity contribution >= 4 is 29.0 Å². The second-order valence-corrected chi connectivity index (χ2v) is 4.86. The number of para-hydroxylation sites is 1. The van der Waals surface area contributed by atoms with Crippen molar-refractivity contribution in [1.29, 1.82) is 0 Å². The molecule has 0 bridgehead atoms. The van der Waals surface area contributed by atoms with Gasteiger partial charge < -0.3 is 11.1 Å². The van der Waals surface area contributed by atoms with Crippen molar-refractivity contribution in [2.24, 2.45) is 0 Å². The van der Waals surface area contributed by atoms with Crippen molar-refractivity contribution < 1.29 is 13.6 Å². The molecule has 3 N–H and O–H groups in total. The predicted molar refractivity (Wildman–Crippen MR) is 76.9 cm³/mol. The number of anilines is 2. The van der Waals surface area contributed by atoms with E-state index in [1.54, 1.807) is 12.1 Å². The first-order chi connectivity index (χ1) is 9.52. The van der Waals surface area contributed by atoms with Crippen LogP contribution in [0, 0.1) is 11.6 Å². The van der Waals surface area contributed by atoms with Crippen molar-refractivity contribution in [1.82, 2.24) is 0 Å². The average molecular weight is 294 g/mol. The molecule has 0 atom stereocenters. The molecule has 0 heterocycles. The van der Waals surface area contributed by atoms with Gasteiger partial charge in [-0.3, -0.25) is 4.79 Å². The third-order valence-corrected chi connectivity index (χ3v) is 3.46. The highest BCUT2D eigenvalue weighted by molar-refractivity contribution is 7.98. The summed E-state index contributed by atoms with van der Waals surface area (Å²) in [5.74, 6) is -2.42. The van der Waals surface area contributed by atoms with Crippen molar-refractivity contribution in [3.63, 3.8) is 0 Å². The average Bonchev–Trinajstić information content (AvgIpc) is 2.43. The van der Waals surface area contributed by atoms with Crippen LogP contribution in [-0.4, -0.2) is 12.2 Å². The summed E-state index contributed by atoms with van der Waals surface area (Å²) >= 11 is 1.44. The molecular formula is C14H12F2N2OS. The van der Waals surface area contributed by atoms with Gasteiger partial charge in [-0.15, -0.1) is 11.8 Å². The molecule has 0 fully saturated rings. The van der Waals surface area contributed by atoms with Gasteiger partial charge in [-0.05, 0) is 30.5 Å². The van der Waals surface area contributed by atoms with Crippen molar-refractivity contribution in [2.45, 2.75) is 4.90 Å². The lowest BCUT2D eigenvalue weighted by atomic mass is 10.1. The number of carbonyl (C=O) groups excluding carboxylic acids is 1. The van der Waals surface area contributed by atoms with Gasteiger partial charge in [0.25, 0.3) is 5.91 Å². The minimum absolute atomic E-state index is 0.395. The zero-order valence-electron chi connectivity index (χ0n) is 10.6. The van der Waals surface area contributed by atoms with Crippen LogP contribution in [0.3, 0.4) is 0 Å². The summed E-state index contributed by atoms with van der Waals surface area (Å²) in [7, 11) is 0. The summed E-state index contributed by atoms with van der Waals surface area (Å²) in [5.41, 5.74) is 5.03. The van der Waals surface area contributed by atoms with Gasteiger partial charge >= 0.3 is 0 Å². The fourth-order valence-electron chi connectivity index (χ4n) is 1.71. The minimum Gasteiger partial charge on any atom is -0.396 e. The molecule has 0 saturated heterocycles. The Balaban J connectivity index is 2.33. The van der Waals surface area contributed by atoms with Crippen molar-refractivity contribution in [3.05, 3.63) is 53.6 Å². The largest absolute Gasteiger partial charge is 0.396 e. The van der Waals surface area contributed by atoms with Crippen molar-refractivity contribution in [2.75, 3.05) is 17.3 Å². The molecule has 0 aliphatic heterocycles. The molecular weight excluding hydrogens is 282 g/mol. The van der Waals surface area contributed by atoms with Gasteiger partial charge in [0.2, 0.25) is 0 Å². The quantitative estimate of drug-likeness (QED) is 0.672.